The minimum absolute atomic E-state index is 0.380. The Labute approximate surface area is 160 Å². The highest BCUT2D eigenvalue weighted by Gasteiger charge is 2.78. The molecule has 4 atom stereocenters. The Morgan fingerprint density at radius 1 is 0.963 bits per heavy atom. The predicted molar refractivity (Wildman–Crippen MR) is 96.7 cm³/mol. The number of nitrogens with zero attached hydrogens (tertiary/aromatic N) is 1. The Bertz CT molecular complexity index is 993. The van der Waals surface area contributed by atoms with Crippen molar-refractivity contribution in [1.29, 1.82) is 0 Å². The molecule has 1 N–H and O–H groups in total. The van der Waals surface area contributed by atoms with Crippen LogP contribution in [-0.4, -0.2) is 23.3 Å². The van der Waals surface area contributed by atoms with E-state index in [2.05, 4.69) is 5.32 Å². The van der Waals surface area contributed by atoms with Crippen LogP contribution in [0.5, 0.6) is 0 Å². The third kappa shape index (κ3) is 1.91. The molecule has 3 saturated heterocycles. The van der Waals surface area contributed by atoms with Crippen LogP contribution in [0.25, 0.3) is 0 Å². The molecular formula is C20H15ClN2O4. The van der Waals surface area contributed by atoms with Gasteiger partial charge in [0.05, 0.1) is 11.6 Å². The van der Waals surface area contributed by atoms with Crippen molar-refractivity contribution in [3.05, 3.63) is 65.2 Å². The van der Waals surface area contributed by atoms with Gasteiger partial charge >= 0.3 is 0 Å². The zero-order valence-electron chi connectivity index (χ0n) is 14.3. The van der Waals surface area contributed by atoms with Crippen LogP contribution in [0.15, 0.2) is 54.6 Å². The first kappa shape index (κ1) is 16.5. The fourth-order valence-electron chi connectivity index (χ4n) is 4.52. The number of imide groups is 1. The van der Waals surface area contributed by atoms with Gasteiger partial charge in [0.1, 0.15) is 5.92 Å². The van der Waals surface area contributed by atoms with E-state index >= 15 is 0 Å². The molecular weight excluding hydrogens is 368 g/mol. The number of hydrogen-bond acceptors (Lipinski definition) is 4. The summed E-state index contributed by atoms with van der Waals surface area (Å²) in [7, 11) is 0. The number of carbonyl (C=O) groups excluding carboxylic acids is 3. The minimum atomic E-state index is -1.40. The van der Waals surface area contributed by atoms with Gasteiger partial charge in [0, 0.05) is 10.6 Å². The van der Waals surface area contributed by atoms with Gasteiger partial charge < -0.3 is 10.1 Å². The summed E-state index contributed by atoms with van der Waals surface area (Å²) in [6.45, 7) is 1.57. The molecule has 3 heterocycles. The lowest BCUT2D eigenvalue weighted by Crippen LogP contribution is -2.55. The van der Waals surface area contributed by atoms with Crippen molar-refractivity contribution in [2.75, 3.05) is 4.90 Å². The number of benzene rings is 2. The van der Waals surface area contributed by atoms with Crippen LogP contribution in [0, 0.1) is 11.8 Å². The summed E-state index contributed by atoms with van der Waals surface area (Å²) < 4.78 is 6.11. The summed E-state index contributed by atoms with van der Waals surface area (Å²) in [5.41, 5.74) is -1.70. The van der Waals surface area contributed by atoms with Gasteiger partial charge in [0.2, 0.25) is 11.8 Å². The summed E-state index contributed by atoms with van der Waals surface area (Å²) in [5.74, 6) is -2.90. The first-order chi connectivity index (χ1) is 12.9. The predicted octanol–water partition coefficient (Wildman–Crippen LogP) is 2.22. The van der Waals surface area contributed by atoms with Crippen molar-refractivity contribution in [1.82, 2.24) is 5.32 Å². The van der Waals surface area contributed by atoms with Crippen molar-refractivity contribution in [2.45, 2.75) is 18.2 Å². The standard InChI is InChI=1S/C20H15ClN2O4/c1-19-14-15(17(25)23(16(14)24)13-5-3-2-4-6-13)20(27-19,22-18(19)26)11-7-9-12(21)10-8-11/h2-10,14-15H,1H3,(H,22,26)/t14-,15+,19-,20+/m1/s1. The van der Waals surface area contributed by atoms with Crippen LogP contribution < -0.4 is 10.2 Å². The van der Waals surface area contributed by atoms with E-state index in [-0.39, 0.29) is 5.91 Å². The second-order valence-corrected chi connectivity index (χ2v) is 7.64. The molecule has 3 aliphatic heterocycles. The molecule has 0 spiro atoms. The molecule has 5 rings (SSSR count). The van der Waals surface area contributed by atoms with Gasteiger partial charge in [-0.05, 0) is 31.2 Å². The number of para-hydroxylation sites is 1. The maximum Gasteiger partial charge on any atom is 0.255 e. The SMILES string of the molecule is C[C@]12O[C@](c3ccc(Cl)cc3)(NC1=O)[C@@H]1C(=O)N(c3ccccc3)C(=O)[C@@H]12. The van der Waals surface area contributed by atoms with Gasteiger partial charge in [0.15, 0.2) is 11.3 Å². The number of anilines is 1. The van der Waals surface area contributed by atoms with Crippen molar-refractivity contribution < 1.29 is 19.1 Å². The maximum absolute atomic E-state index is 13.3. The summed E-state index contributed by atoms with van der Waals surface area (Å²) >= 11 is 5.98. The molecule has 0 aliphatic carbocycles. The zero-order valence-corrected chi connectivity index (χ0v) is 15.1. The number of carbonyl (C=O) groups is 3. The van der Waals surface area contributed by atoms with E-state index in [1.807, 2.05) is 6.07 Å². The lowest BCUT2D eigenvalue weighted by Gasteiger charge is -2.32. The number of hydrogen-bond donors (Lipinski definition) is 1. The minimum Gasteiger partial charge on any atom is -0.334 e. The fourth-order valence-corrected chi connectivity index (χ4v) is 4.64. The van der Waals surface area contributed by atoms with E-state index in [0.29, 0.717) is 16.3 Å². The number of amides is 3. The van der Waals surface area contributed by atoms with Gasteiger partial charge in [-0.25, -0.2) is 4.90 Å². The number of piperidine rings is 1. The first-order valence-corrected chi connectivity index (χ1v) is 8.98. The molecule has 3 aliphatic rings. The topological polar surface area (TPSA) is 75.7 Å². The summed E-state index contributed by atoms with van der Waals surface area (Å²) in [4.78, 5) is 40.4. The van der Waals surface area contributed by atoms with Crippen LogP contribution >= 0.6 is 11.6 Å². The van der Waals surface area contributed by atoms with Gasteiger partial charge in [-0.15, -0.1) is 0 Å². The highest BCUT2D eigenvalue weighted by Crippen LogP contribution is 2.59. The smallest absolute Gasteiger partial charge is 0.255 e. The molecule has 7 heteroatoms. The normalized spacial score (nSPS) is 34.1. The average molecular weight is 383 g/mol. The number of fused-ring (bicyclic) bond motifs is 5. The third-order valence-electron chi connectivity index (χ3n) is 5.75. The molecule has 2 bridgehead atoms. The van der Waals surface area contributed by atoms with Gasteiger partial charge in [-0.1, -0.05) is 41.9 Å². The Morgan fingerprint density at radius 3 is 2.26 bits per heavy atom. The Kier molecular flexibility index (Phi) is 3.16. The molecule has 2 aromatic rings. The monoisotopic (exact) mass is 382 g/mol. The lowest BCUT2D eigenvalue weighted by molar-refractivity contribution is -0.140. The second kappa shape index (κ2) is 5.18. The largest absolute Gasteiger partial charge is 0.334 e. The number of ether oxygens (including phenoxy) is 1. The second-order valence-electron chi connectivity index (χ2n) is 7.21. The van der Waals surface area contributed by atoms with Crippen molar-refractivity contribution >= 4 is 35.0 Å². The van der Waals surface area contributed by atoms with E-state index in [1.54, 1.807) is 55.5 Å². The van der Waals surface area contributed by atoms with Crippen LogP contribution in [0.4, 0.5) is 5.69 Å². The Morgan fingerprint density at radius 2 is 1.59 bits per heavy atom. The molecule has 136 valence electrons. The molecule has 2 aromatic carbocycles. The van der Waals surface area contributed by atoms with Gasteiger partial charge in [-0.3, -0.25) is 14.4 Å². The van der Waals surface area contributed by atoms with Crippen LogP contribution in [0.1, 0.15) is 12.5 Å². The number of nitrogens with one attached hydrogen (secondary N) is 1. The quantitative estimate of drug-likeness (QED) is 0.808. The van der Waals surface area contributed by atoms with E-state index in [4.69, 9.17) is 16.3 Å². The molecule has 27 heavy (non-hydrogen) atoms. The fraction of sp³-hybridized carbons (Fsp3) is 0.250. The van der Waals surface area contributed by atoms with E-state index in [1.165, 1.54) is 4.90 Å². The van der Waals surface area contributed by atoms with Crippen LogP contribution in [0.2, 0.25) is 5.02 Å². The van der Waals surface area contributed by atoms with E-state index in [0.717, 1.165) is 0 Å². The molecule has 3 amide bonds. The molecule has 0 aromatic heterocycles. The van der Waals surface area contributed by atoms with Crippen molar-refractivity contribution in [2.24, 2.45) is 11.8 Å². The van der Waals surface area contributed by atoms with Gasteiger partial charge in [0.25, 0.3) is 5.91 Å². The summed E-state index contributed by atoms with van der Waals surface area (Å²) in [6.07, 6.45) is 0. The highest BCUT2D eigenvalue weighted by atomic mass is 35.5. The molecule has 0 saturated carbocycles. The molecule has 0 unspecified atom stereocenters. The van der Waals surface area contributed by atoms with Gasteiger partial charge in [-0.2, -0.15) is 0 Å². The average Bonchev–Trinajstić information content (AvgIpc) is 3.19. The summed E-state index contributed by atoms with van der Waals surface area (Å²) in [6, 6.07) is 15.5. The molecule has 6 nitrogen and oxygen atoms in total. The van der Waals surface area contributed by atoms with Crippen LogP contribution in [-0.2, 0) is 24.8 Å². The lowest BCUT2D eigenvalue weighted by atomic mass is 9.74. The van der Waals surface area contributed by atoms with E-state index in [9.17, 15) is 14.4 Å². The highest BCUT2D eigenvalue weighted by molar-refractivity contribution is 6.30. The maximum atomic E-state index is 13.3. The van der Waals surface area contributed by atoms with Crippen molar-refractivity contribution in [3.8, 4) is 0 Å². The third-order valence-corrected chi connectivity index (χ3v) is 6.00. The number of rotatable bonds is 2. The summed E-state index contributed by atoms with van der Waals surface area (Å²) in [5, 5.41) is 3.36. The van der Waals surface area contributed by atoms with Crippen molar-refractivity contribution in [3.63, 3.8) is 0 Å². The Balaban J connectivity index is 1.68. The van der Waals surface area contributed by atoms with Crippen LogP contribution in [0.3, 0.4) is 0 Å². The van der Waals surface area contributed by atoms with E-state index < -0.39 is 35.0 Å². The number of halogens is 1. The Hall–Kier alpha value is -2.70. The molecule has 0 radical (unpaired) electrons. The molecule has 3 fully saturated rings. The first-order valence-electron chi connectivity index (χ1n) is 8.60. The zero-order chi connectivity index (χ0) is 19.0.